The molecule has 8 heteroatoms. The van der Waals surface area contributed by atoms with E-state index in [4.69, 9.17) is 17.3 Å². The zero-order valence-corrected chi connectivity index (χ0v) is 16.5. The SMILES string of the molecule is NCc1cc(N2CCN(C(=O)Nc3ccc(F)cc3)CC2)c2ccc(Cl)cc2n1. The highest BCUT2D eigenvalue weighted by Gasteiger charge is 2.23. The summed E-state index contributed by atoms with van der Waals surface area (Å²) >= 11 is 6.12. The van der Waals surface area contributed by atoms with Crippen molar-refractivity contribution < 1.29 is 9.18 Å². The van der Waals surface area contributed by atoms with Crippen LogP contribution in [0.3, 0.4) is 0 Å². The van der Waals surface area contributed by atoms with Crippen molar-refractivity contribution in [3.8, 4) is 0 Å². The quantitative estimate of drug-likeness (QED) is 0.684. The zero-order valence-electron chi connectivity index (χ0n) is 15.7. The Morgan fingerprint density at radius 3 is 2.52 bits per heavy atom. The molecule has 0 atom stereocenters. The maximum absolute atomic E-state index is 13.0. The van der Waals surface area contributed by atoms with Crippen LogP contribution in [0, 0.1) is 5.82 Å². The van der Waals surface area contributed by atoms with Crippen LogP contribution in [0.2, 0.25) is 5.02 Å². The summed E-state index contributed by atoms with van der Waals surface area (Å²) in [5.41, 5.74) is 9.05. The van der Waals surface area contributed by atoms with Gasteiger partial charge in [0.15, 0.2) is 0 Å². The fourth-order valence-corrected chi connectivity index (χ4v) is 3.66. The summed E-state index contributed by atoms with van der Waals surface area (Å²) < 4.78 is 13.0. The molecule has 2 amide bonds. The molecule has 1 aliphatic heterocycles. The Morgan fingerprint density at radius 1 is 1.10 bits per heavy atom. The Bertz CT molecular complexity index is 1040. The van der Waals surface area contributed by atoms with Gasteiger partial charge in [-0.3, -0.25) is 4.98 Å². The molecule has 1 fully saturated rings. The van der Waals surface area contributed by atoms with Crippen LogP contribution in [0.25, 0.3) is 10.9 Å². The van der Waals surface area contributed by atoms with Crippen molar-refractivity contribution in [2.45, 2.75) is 6.54 Å². The number of piperazine rings is 1. The second-order valence-corrected chi connectivity index (χ2v) is 7.35. The average molecular weight is 414 g/mol. The van der Waals surface area contributed by atoms with Crippen molar-refractivity contribution in [3.05, 3.63) is 65.1 Å². The maximum atomic E-state index is 13.0. The number of rotatable bonds is 3. The predicted octanol–water partition coefficient (Wildman–Crippen LogP) is 3.84. The second kappa shape index (κ2) is 8.23. The van der Waals surface area contributed by atoms with Crippen molar-refractivity contribution in [2.75, 3.05) is 36.4 Å². The van der Waals surface area contributed by atoms with Gasteiger partial charge in [-0.25, -0.2) is 9.18 Å². The van der Waals surface area contributed by atoms with Crippen molar-refractivity contribution >= 4 is 39.9 Å². The van der Waals surface area contributed by atoms with Gasteiger partial charge in [-0.1, -0.05) is 11.6 Å². The lowest BCUT2D eigenvalue weighted by atomic mass is 10.1. The van der Waals surface area contributed by atoms with E-state index in [0.29, 0.717) is 43.4 Å². The first-order chi connectivity index (χ1) is 14.0. The van der Waals surface area contributed by atoms with Crippen LogP contribution < -0.4 is 16.0 Å². The summed E-state index contributed by atoms with van der Waals surface area (Å²) in [5.74, 6) is -0.334. The number of urea groups is 1. The third-order valence-electron chi connectivity index (χ3n) is 5.02. The summed E-state index contributed by atoms with van der Waals surface area (Å²) in [4.78, 5) is 21.1. The molecular weight excluding hydrogens is 393 g/mol. The number of benzene rings is 2. The van der Waals surface area contributed by atoms with Crippen LogP contribution in [-0.4, -0.2) is 42.1 Å². The Morgan fingerprint density at radius 2 is 1.83 bits per heavy atom. The third kappa shape index (κ3) is 4.26. The number of hydrogen-bond acceptors (Lipinski definition) is 4. The Labute approximate surface area is 173 Å². The largest absolute Gasteiger partial charge is 0.367 e. The molecule has 29 heavy (non-hydrogen) atoms. The molecule has 0 aliphatic carbocycles. The van der Waals surface area contributed by atoms with Gasteiger partial charge < -0.3 is 20.9 Å². The lowest BCUT2D eigenvalue weighted by molar-refractivity contribution is 0.208. The average Bonchev–Trinajstić information content (AvgIpc) is 2.74. The molecule has 2 aromatic carbocycles. The fraction of sp³-hybridized carbons (Fsp3) is 0.238. The summed E-state index contributed by atoms with van der Waals surface area (Å²) in [7, 11) is 0. The molecule has 4 rings (SSSR count). The molecule has 3 N–H and O–H groups in total. The lowest BCUT2D eigenvalue weighted by Gasteiger charge is -2.36. The predicted molar refractivity (Wildman–Crippen MR) is 114 cm³/mol. The number of nitrogens with two attached hydrogens (primary N) is 1. The van der Waals surface area contributed by atoms with E-state index in [-0.39, 0.29) is 11.8 Å². The number of hydrogen-bond donors (Lipinski definition) is 2. The van der Waals surface area contributed by atoms with Crippen LogP contribution in [0.1, 0.15) is 5.69 Å². The molecule has 1 aliphatic rings. The monoisotopic (exact) mass is 413 g/mol. The minimum Gasteiger partial charge on any atom is -0.367 e. The van der Waals surface area contributed by atoms with Crippen LogP contribution in [-0.2, 0) is 6.54 Å². The van der Waals surface area contributed by atoms with Gasteiger partial charge in [-0.15, -0.1) is 0 Å². The minimum absolute atomic E-state index is 0.190. The zero-order chi connectivity index (χ0) is 20.4. The van der Waals surface area contributed by atoms with Crippen LogP contribution in [0.5, 0.6) is 0 Å². The van der Waals surface area contributed by atoms with E-state index in [1.54, 1.807) is 17.0 Å². The molecule has 0 bridgehead atoms. The molecule has 0 saturated carbocycles. The number of halogens is 2. The molecule has 6 nitrogen and oxygen atoms in total. The summed E-state index contributed by atoms with van der Waals surface area (Å²) in [6.07, 6.45) is 0. The highest BCUT2D eigenvalue weighted by molar-refractivity contribution is 6.31. The number of aromatic nitrogens is 1. The van der Waals surface area contributed by atoms with Gasteiger partial charge in [0.05, 0.1) is 11.2 Å². The molecule has 1 saturated heterocycles. The van der Waals surface area contributed by atoms with Crippen molar-refractivity contribution in [1.82, 2.24) is 9.88 Å². The molecule has 3 aromatic rings. The molecule has 150 valence electrons. The van der Waals surface area contributed by atoms with E-state index < -0.39 is 0 Å². The first-order valence-corrected chi connectivity index (χ1v) is 9.77. The summed E-state index contributed by atoms with van der Waals surface area (Å²) in [6.45, 7) is 2.85. The van der Waals surface area contributed by atoms with Gasteiger partial charge in [0.25, 0.3) is 0 Å². The van der Waals surface area contributed by atoms with Crippen molar-refractivity contribution in [1.29, 1.82) is 0 Å². The van der Waals surface area contributed by atoms with E-state index in [1.165, 1.54) is 12.1 Å². The smallest absolute Gasteiger partial charge is 0.321 e. The van der Waals surface area contributed by atoms with Gasteiger partial charge in [-0.2, -0.15) is 0 Å². The normalized spacial score (nSPS) is 14.3. The number of anilines is 2. The Kier molecular flexibility index (Phi) is 5.51. The number of nitrogens with zero attached hydrogens (tertiary/aromatic N) is 3. The highest BCUT2D eigenvalue weighted by atomic mass is 35.5. The number of nitrogens with one attached hydrogen (secondary N) is 1. The standard InChI is InChI=1S/C21H21ClFN5O/c22-14-1-6-18-19(11-14)25-17(13-24)12-20(18)27-7-9-28(10-8-27)21(29)26-16-4-2-15(23)3-5-16/h1-6,11-12H,7-10,13,24H2,(H,26,29). The van der Waals surface area contributed by atoms with Gasteiger partial charge >= 0.3 is 6.03 Å². The van der Waals surface area contributed by atoms with E-state index >= 15 is 0 Å². The van der Waals surface area contributed by atoms with E-state index in [0.717, 1.165) is 22.3 Å². The van der Waals surface area contributed by atoms with Gasteiger partial charge in [0.2, 0.25) is 0 Å². The number of amides is 2. The summed E-state index contributed by atoms with van der Waals surface area (Å²) in [5, 5.41) is 4.45. The highest BCUT2D eigenvalue weighted by Crippen LogP contribution is 2.29. The number of carbonyl (C=O) groups is 1. The van der Waals surface area contributed by atoms with Gasteiger partial charge in [-0.05, 0) is 48.5 Å². The van der Waals surface area contributed by atoms with E-state index in [9.17, 15) is 9.18 Å². The minimum atomic E-state index is -0.334. The van der Waals surface area contributed by atoms with Gasteiger partial charge in [0.1, 0.15) is 5.82 Å². The van der Waals surface area contributed by atoms with Crippen LogP contribution >= 0.6 is 11.6 Å². The Balaban J connectivity index is 1.48. The number of pyridine rings is 1. The van der Waals surface area contributed by atoms with Crippen molar-refractivity contribution in [2.24, 2.45) is 5.73 Å². The Hall–Kier alpha value is -2.90. The molecular formula is C21H21ClFN5O. The fourth-order valence-electron chi connectivity index (χ4n) is 3.49. The lowest BCUT2D eigenvalue weighted by Crippen LogP contribution is -2.50. The second-order valence-electron chi connectivity index (χ2n) is 6.91. The van der Waals surface area contributed by atoms with E-state index in [2.05, 4.69) is 15.2 Å². The topological polar surface area (TPSA) is 74.5 Å². The third-order valence-corrected chi connectivity index (χ3v) is 5.25. The molecule has 0 unspecified atom stereocenters. The molecule has 0 radical (unpaired) electrons. The first-order valence-electron chi connectivity index (χ1n) is 9.39. The van der Waals surface area contributed by atoms with Crippen LogP contribution in [0.4, 0.5) is 20.6 Å². The number of fused-ring (bicyclic) bond motifs is 1. The van der Waals surface area contributed by atoms with Crippen LogP contribution in [0.15, 0.2) is 48.5 Å². The maximum Gasteiger partial charge on any atom is 0.321 e. The molecule has 0 spiro atoms. The van der Waals surface area contributed by atoms with Gasteiger partial charge in [0, 0.05) is 54.5 Å². The molecule has 1 aromatic heterocycles. The van der Waals surface area contributed by atoms with Crippen molar-refractivity contribution in [3.63, 3.8) is 0 Å². The molecule has 2 heterocycles. The number of carbonyl (C=O) groups excluding carboxylic acids is 1. The first kappa shape index (κ1) is 19.4. The van der Waals surface area contributed by atoms with E-state index in [1.807, 2.05) is 24.3 Å². The summed E-state index contributed by atoms with van der Waals surface area (Å²) in [6, 6.07) is 13.2.